The molecule has 0 saturated carbocycles. The zero-order valence-electron chi connectivity index (χ0n) is 13.1. The van der Waals surface area contributed by atoms with Gasteiger partial charge in [-0.3, -0.25) is 9.98 Å². The Kier molecular flexibility index (Phi) is 5.81. The molecule has 2 heterocycles. The summed E-state index contributed by atoms with van der Waals surface area (Å²) in [7, 11) is 0. The molecule has 0 aliphatic rings. The minimum atomic E-state index is 0.502. The molecule has 0 spiro atoms. The van der Waals surface area contributed by atoms with E-state index in [-0.39, 0.29) is 0 Å². The quantitative estimate of drug-likeness (QED) is 0.453. The van der Waals surface area contributed by atoms with Crippen molar-refractivity contribution in [2.24, 2.45) is 10.1 Å². The summed E-state index contributed by atoms with van der Waals surface area (Å²) in [4.78, 5) is 9.47. The zero-order chi connectivity index (χ0) is 17.6. The van der Waals surface area contributed by atoms with Crippen molar-refractivity contribution in [3.8, 4) is 11.3 Å². The van der Waals surface area contributed by atoms with E-state index in [1.54, 1.807) is 35.3 Å². The van der Waals surface area contributed by atoms with Gasteiger partial charge in [-0.1, -0.05) is 35.3 Å². The summed E-state index contributed by atoms with van der Waals surface area (Å²) in [5.74, 6) is 0. The van der Waals surface area contributed by atoms with Gasteiger partial charge in [0.15, 0.2) is 0 Å². The van der Waals surface area contributed by atoms with Crippen LogP contribution in [0.3, 0.4) is 0 Å². The van der Waals surface area contributed by atoms with E-state index in [1.165, 1.54) is 11.3 Å². The van der Waals surface area contributed by atoms with Crippen LogP contribution in [0.5, 0.6) is 0 Å². The standard InChI is InChI=1S/C18H14Cl2N4S/c1-2-8-22-18-24(23-11-14-5-3-4-9-21-14)17(12-25-18)15-10-13(19)6-7-16(15)20/h2-7,9-12H,1,8H2. The average molecular weight is 389 g/mol. The molecule has 0 aliphatic carbocycles. The molecule has 2 aromatic heterocycles. The number of benzene rings is 1. The molecule has 0 bridgehead atoms. The van der Waals surface area contributed by atoms with Crippen molar-refractivity contribution in [2.75, 3.05) is 6.54 Å². The Morgan fingerprint density at radius 3 is 2.88 bits per heavy atom. The largest absolute Gasteiger partial charge is 0.255 e. The number of hydrogen-bond donors (Lipinski definition) is 0. The van der Waals surface area contributed by atoms with Crippen LogP contribution in [-0.4, -0.2) is 22.4 Å². The van der Waals surface area contributed by atoms with E-state index in [2.05, 4.69) is 21.7 Å². The first kappa shape index (κ1) is 17.6. The lowest BCUT2D eigenvalue weighted by Crippen LogP contribution is -2.12. The van der Waals surface area contributed by atoms with Crippen LogP contribution >= 0.6 is 34.5 Å². The van der Waals surface area contributed by atoms with Crippen LogP contribution < -0.4 is 4.80 Å². The van der Waals surface area contributed by atoms with Gasteiger partial charge in [0.25, 0.3) is 0 Å². The molecule has 0 N–H and O–H groups in total. The van der Waals surface area contributed by atoms with Gasteiger partial charge >= 0.3 is 0 Å². The van der Waals surface area contributed by atoms with E-state index in [0.29, 0.717) is 16.6 Å². The Balaban J connectivity index is 2.13. The molecule has 126 valence electrons. The number of thiazole rings is 1. The number of halogens is 2. The van der Waals surface area contributed by atoms with Gasteiger partial charge in [-0.25, -0.2) is 4.68 Å². The summed E-state index contributed by atoms with van der Waals surface area (Å²) in [5.41, 5.74) is 2.36. The summed E-state index contributed by atoms with van der Waals surface area (Å²) in [6.07, 6.45) is 5.14. The second kappa shape index (κ2) is 8.25. The van der Waals surface area contributed by atoms with Crippen molar-refractivity contribution < 1.29 is 0 Å². The van der Waals surface area contributed by atoms with E-state index in [4.69, 9.17) is 23.2 Å². The van der Waals surface area contributed by atoms with Crippen LogP contribution in [0.4, 0.5) is 0 Å². The van der Waals surface area contributed by atoms with E-state index in [1.807, 2.05) is 29.6 Å². The fraction of sp³-hybridized carbons (Fsp3) is 0.0556. The van der Waals surface area contributed by atoms with E-state index >= 15 is 0 Å². The number of nitrogens with zero attached hydrogens (tertiary/aromatic N) is 4. The third kappa shape index (κ3) is 4.25. The first-order valence-electron chi connectivity index (χ1n) is 7.42. The lowest BCUT2D eigenvalue weighted by molar-refractivity contribution is 0.839. The number of hydrogen-bond acceptors (Lipinski definition) is 4. The number of pyridine rings is 1. The predicted octanol–water partition coefficient (Wildman–Crippen LogP) is 4.89. The Morgan fingerprint density at radius 2 is 2.12 bits per heavy atom. The summed E-state index contributed by atoms with van der Waals surface area (Å²) in [5, 5.41) is 7.70. The van der Waals surface area contributed by atoms with Crippen molar-refractivity contribution in [1.29, 1.82) is 0 Å². The maximum atomic E-state index is 6.36. The van der Waals surface area contributed by atoms with Crippen LogP contribution in [-0.2, 0) is 0 Å². The van der Waals surface area contributed by atoms with Crippen molar-refractivity contribution in [1.82, 2.24) is 9.66 Å². The van der Waals surface area contributed by atoms with Gasteiger partial charge in [0.2, 0.25) is 4.80 Å². The van der Waals surface area contributed by atoms with Gasteiger partial charge in [0.05, 0.1) is 29.2 Å². The molecule has 0 amide bonds. The van der Waals surface area contributed by atoms with Gasteiger partial charge in [0, 0.05) is 22.2 Å². The van der Waals surface area contributed by atoms with Gasteiger partial charge in [-0.2, -0.15) is 5.10 Å². The molecule has 0 atom stereocenters. The van der Waals surface area contributed by atoms with E-state index in [0.717, 1.165) is 21.8 Å². The molecule has 1 aromatic carbocycles. The topological polar surface area (TPSA) is 42.5 Å². The third-order valence-corrected chi connectivity index (χ3v) is 4.66. The van der Waals surface area contributed by atoms with Crippen molar-refractivity contribution in [3.63, 3.8) is 0 Å². The molecular formula is C18H14Cl2N4S. The maximum Gasteiger partial charge on any atom is 0.206 e. The Labute approximate surface area is 159 Å². The summed E-state index contributed by atoms with van der Waals surface area (Å²) in [6.45, 7) is 4.21. The molecule has 0 fully saturated rings. The number of aromatic nitrogens is 2. The van der Waals surface area contributed by atoms with Crippen LogP contribution in [0.25, 0.3) is 11.3 Å². The van der Waals surface area contributed by atoms with Gasteiger partial charge in [0.1, 0.15) is 0 Å². The summed E-state index contributed by atoms with van der Waals surface area (Å²) in [6, 6.07) is 11.0. The summed E-state index contributed by atoms with van der Waals surface area (Å²) >= 11 is 14.0. The van der Waals surface area contributed by atoms with Crippen LogP contribution in [0.2, 0.25) is 10.0 Å². The molecule has 3 rings (SSSR count). The highest BCUT2D eigenvalue weighted by Gasteiger charge is 2.11. The molecule has 4 nitrogen and oxygen atoms in total. The smallest absolute Gasteiger partial charge is 0.206 e. The highest BCUT2D eigenvalue weighted by atomic mass is 35.5. The van der Waals surface area contributed by atoms with Crippen molar-refractivity contribution in [3.05, 3.63) is 81.2 Å². The van der Waals surface area contributed by atoms with Crippen LogP contribution in [0, 0.1) is 0 Å². The zero-order valence-corrected chi connectivity index (χ0v) is 15.5. The summed E-state index contributed by atoms with van der Waals surface area (Å²) < 4.78 is 1.74. The highest BCUT2D eigenvalue weighted by Crippen LogP contribution is 2.30. The van der Waals surface area contributed by atoms with E-state index < -0.39 is 0 Å². The molecule has 0 aliphatic heterocycles. The monoisotopic (exact) mass is 388 g/mol. The van der Waals surface area contributed by atoms with Gasteiger partial charge in [-0.05, 0) is 30.3 Å². The Morgan fingerprint density at radius 1 is 1.24 bits per heavy atom. The van der Waals surface area contributed by atoms with E-state index in [9.17, 15) is 0 Å². The second-order valence-corrected chi connectivity index (χ2v) is 6.65. The minimum absolute atomic E-state index is 0.502. The van der Waals surface area contributed by atoms with Crippen LogP contribution in [0.15, 0.2) is 70.7 Å². The molecule has 0 saturated heterocycles. The molecule has 7 heteroatoms. The Bertz CT molecular complexity index is 974. The molecule has 0 unspecified atom stereocenters. The molecule has 0 radical (unpaired) electrons. The molecule has 3 aromatic rings. The Hall–Kier alpha value is -2.21. The highest BCUT2D eigenvalue weighted by molar-refractivity contribution is 7.07. The number of rotatable bonds is 5. The average Bonchev–Trinajstić information content (AvgIpc) is 3.03. The maximum absolute atomic E-state index is 6.36. The lowest BCUT2D eigenvalue weighted by Gasteiger charge is -2.06. The fourth-order valence-corrected chi connectivity index (χ4v) is 3.34. The fourth-order valence-electron chi connectivity index (χ4n) is 2.11. The first-order valence-corrected chi connectivity index (χ1v) is 9.05. The van der Waals surface area contributed by atoms with Crippen molar-refractivity contribution in [2.45, 2.75) is 0 Å². The van der Waals surface area contributed by atoms with Crippen LogP contribution in [0.1, 0.15) is 5.69 Å². The van der Waals surface area contributed by atoms with Crippen molar-refractivity contribution >= 4 is 40.8 Å². The molecular weight excluding hydrogens is 375 g/mol. The first-order chi connectivity index (χ1) is 12.2. The van der Waals surface area contributed by atoms with Gasteiger partial charge < -0.3 is 0 Å². The second-order valence-electron chi connectivity index (χ2n) is 4.97. The lowest BCUT2D eigenvalue weighted by atomic mass is 10.2. The SMILES string of the molecule is C=CCN=c1scc(-c2cc(Cl)ccc2Cl)n1N=Cc1ccccn1. The molecule has 25 heavy (non-hydrogen) atoms. The minimum Gasteiger partial charge on any atom is -0.255 e. The van der Waals surface area contributed by atoms with Gasteiger partial charge in [-0.15, -0.1) is 17.9 Å². The third-order valence-electron chi connectivity index (χ3n) is 3.24. The predicted molar refractivity (Wildman–Crippen MR) is 106 cm³/mol. The normalized spacial score (nSPS) is 12.0.